The quantitative estimate of drug-likeness (QED) is 0.707. The maximum Gasteiger partial charge on any atom is 0.0850 e. The molecule has 1 aliphatic rings. The topological polar surface area (TPSA) is 62.5 Å². The third kappa shape index (κ3) is 8.93. The standard InChI is InChI=1S/C15H23NO3.C3H8/c1-4-5-6-11(2)8-18-9-13-7-14(12(3)17)15(16)10-19-13;1-3-2/h4-6,12-14,16-17H,1-2,7-10H2,3H3;3H2,1-2H3/b6-5-,16-15?;/t12-,13+,14-;/m0./s1. The zero-order valence-corrected chi connectivity index (χ0v) is 14.2. The molecule has 1 saturated heterocycles. The fourth-order valence-corrected chi connectivity index (χ4v) is 1.99. The summed E-state index contributed by atoms with van der Waals surface area (Å²) in [5.74, 6) is -0.119. The Labute approximate surface area is 135 Å². The second-order valence-corrected chi connectivity index (χ2v) is 5.52. The van der Waals surface area contributed by atoms with Gasteiger partial charge in [-0.1, -0.05) is 51.7 Å². The Morgan fingerprint density at radius 2 is 2.18 bits per heavy atom. The summed E-state index contributed by atoms with van der Waals surface area (Å²) >= 11 is 0. The Morgan fingerprint density at radius 3 is 2.73 bits per heavy atom. The van der Waals surface area contributed by atoms with Crippen molar-refractivity contribution >= 4 is 5.71 Å². The first kappa shape index (κ1) is 20.8. The Bertz CT molecular complexity index is 375. The lowest BCUT2D eigenvalue weighted by Gasteiger charge is -2.31. The Balaban J connectivity index is 0.00000135. The fraction of sp³-hybridized carbons (Fsp3) is 0.611. The molecule has 0 saturated carbocycles. The molecule has 4 nitrogen and oxygen atoms in total. The minimum Gasteiger partial charge on any atom is -0.393 e. The van der Waals surface area contributed by atoms with Crippen LogP contribution in [0.15, 0.2) is 37.0 Å². The van der Waals surface area contributed by atoms with Gasteiger partial charge in [-0.25, -0.2) is 0 Å². The molecule has 0 amide bonds. The lowest BCUT2D eigenvalue weighted by molar-refractivity contribution is -0.0288. The Kier molecular flexibility index (Phi) is 11.6. The van der Waals surface area contributed by atoms with Crippen molar-refractivity contribution in [1.29, 1.82) is 5.41 Å². The highest BCUT2D eigenvalue weighted by Gasteiger charge is 2.30. The third-order valence-corrected chi connectivity index (χ3v) is 3.08. The Hall–Kier alpha value is -1.23. The molecular weight excluding hydrogens is 278 g/mol. The largest absolute Gasteiger partial charge is 0.393 e. The zero-order chi connectivity index (χ0) is 17.0. The van der Waals surface area contributed by atoms with E-state index in [1.807, 2.05) is 12.2 Å². The number of allylic oxidation sites excluding steroid dienone is 2. The number of hydrogen-bond acceptors (Lipinski definition) is 4. The molecule has 0 spiro atoms. The first-order chi connectivity index (χ1) is 10.5. The lowest BCUT2D eigenvalue weighted by Crippen LogP contribution is -2.40. The number of ether oxygens (including phenoxy) is 2. The van der Waals surface area contributed by atoms with Gasteiger partial charge < -0.3 is 20.0 Å². The molecule has 22 heavy (non-hydrogen) atoms. The molecule has 1 aliphatic heterocycles. The van der Waals surface area contributed by atoms with E-state index in [1.165, 1.54) is 6.42 Å². The van der Waals surface area contributed by atoms with Gasteiger partial charge in [-0.15, -0.1) is 0 Å². The van der Waals surface area contributed by atoms with Crippen LogP contribution in [0.1, 0.15) is 33.6 Å². The van der Waals surface area contributed by atoms with Crippen LogP contribution in [0.4, 0.5) is 0 Å². The maximum absolute atomic E-state index is 9.61. The van der Waals surface area contributed by atoms with Crippen molar-refractivity contribution in [3.63, 3.8) is 0 Å². The lowest BCUT2D eigenvalue weighted by atomic mass is 9.89. The van der Waals surface area contributed by atoms with Gasteiger partial charge in [0, 0.05) is 11.6 Å². The van der Waals surface area contributed by atoms with E-state index in [2.05, 4.69) is 27.0 Å². The van der Waals surface area contributed by atoms with Gasteiger partial charge in [-0.3, -0.25) is 0 Å². The van der Waals surface area contributed by atoms with Crippen LogP contribution in [0.2, 0.25) is 0 Å². The van der Waals surface area contributed by atoms with Crippen molar-refractivity contribution in [1.82, 2.24) is 0 Å². The maximum atomic E-state index is 9.61. The van der Waals surface area contributed by atoms with Crippen LogP contribution < -0.4 is 0 Å². The Morgan fingerprint density at radius 1 is 1.55 bits per heavy atom. The molecule has 0 aromatic rings. The minimum atomic E-state index is -0.510. The summed E-state index contributed by atoms with van der Waals surface area (Å²) in [4.78, 5) is 0. The van der Waals surface area contributed by atoms with E-state index in [-0.39, 0.29) is 18.6 Å². The molecule has 0 aromatic carbocycles. The fourth-order valence-electron chi connectivity index (χ4n) is 1.99. The van der Waals surface area contributed by atoms with E-state index >= 15 is 0 Å². The van der Waals surface area contributed by atoms with Gasteiger partial charge in [-0.2, -0.15) is 0 Å². The average molecular weight is 309 g/mol. The van der Waals surface area contributed by atoms with Crippen molar-refractivity contribution in [2.75, 3.05) is 19.8 Å². The highest BCUT2D eigenvalue weighted by Crippen LogP contribution is 2.21. The smallest absolute Gasteiger partial charge is 0.0850 e. The third-order valence-electron chi connectivity index (χ3n) is 3.08. The van der Waals surface area contributed by atoms with E-state index < -0.39 is 6.10 Å². The number of hydrogen-bond donors (Lipinski definition) is 2. The summed E-state index contributed by atoms with van der Waals surface area (Å²) in [5.41, 5.74) is 1.33. The van der Waals surface area contributed by atoms with Gasteiger partial charge in [0.25, 0.3) is 0 Å². The molecule has 2 N–H and O–H groups in total. The van der Waals surface area contributed by atoms with Gasteiger partial charge in [-0.05, 0) is 18.9 Å². The predicted molar refractivity (Wildman–Crippen MR) is 92.5 cm³/mol. The van der Waals surface area contributed by atoms with Crippen molar-refractivity contribution in [2.45, 2.75) is 45.8 Å². The van der Waals surface area contributed by atoms with E-state index in [0.717, 1.165) is 5.57 Å². The van der Waals surface area contributed by atoms with Gasteiger partial charge in [0.05, 0.1) is 32.0 Å². The normalized spacial score (nSPS) is 22.8. The van der Waals surface area contributed by atoms with E-state index in [4.69, 9.17) is 14.9 Å². The second kappa shape index (κ2) is 12.3. The summed E-state index contributed by atoms with van der Waals surface area (Å²) in [7, 11) is 0. The molecule has 0 bridgehead atoms. The predicted octanol–water partition coefficient (Wildman–Crippen LogP) is 3.52. The highest BCUT2D eigenvalue weighted by atomic mass is 16.5. The molecule has 1 heterocycles. The van der Waals surface area contributed by atoms with E-state index in [0.29, 0.717) is 25.3 Å². The average Bonchev–Trinajstić information content (AvgIpc) is 2.47. The second-order valence-electron chi connectivity index (χ2n) is 5.52. The highest BCUT2D eigenvalue weighted by molar-refractivity contribution is 5.86. The van der Waals surface area contributed by atoms with Crippen LogP contribution in [-0.2, 0) is 9.47 Å². The van der Waals surface area contributed by atoms with Gasteiger partial charge in [0.1, 0.15) is 0 Å². The summed E-state index contributed by atoms with van der Waals surface area (Å²) in [5, 5.41) is 17.3. The summed E-state index contributed by atoms with van der Waals surface area (Å²) in [6.45, 7) is 14.6. The molecule has 0 aromatic heterocycles. The minimum absolute atomic E-state index is 0.0649. The summed E-state index contributed by atoms with van der Waals surface area (Å²) in [6.07, 6.45) is 6.66. The van der Waals surface area contributed by atoms with Crippen molar-refractivity contribution in [2.24, 2.45) is 5.92 Å². The van der Waals surface area contributed by atoms with Crippen LogP contribution in [0.3, 0.4) is 0 Å². The van der Waals surface area contributed by atoms with Crippen LogP contribution in [-0.4, -0.2) is 42.8 Å². The van der Waals surface area contributed by atoms with E-state index in [9.17, 15) is 5.11 Å². The first-order valence-corrected chi connectivity index (χ1v) is 7.87. The van der Waals surface area contributed by atoms with Gasteiger partial charge in [0.2, 0.25) is 0 Å². The molecule has 0 radical (unpaired) electrons. The number of aliphatic hydroxyl groups excluding tert-OH is 1. The molecule has 1 rings (SSSR count). The molecule has 1 fully saturated rings. The summed E-state index contributed by atoms with van der Waals surface area (Å²) in [6, 6.07) is 0. The molecule has 4 heteroatoms. The van der Waals surface area contributed by atoms with Gasteiger partial charge >= 0.3 is 0 Å². The molecular formula is C18H31NO3. The SMILES string of the molecule is C=C/C=C\C(=C)COC[C@H]1C[C@@H]([C@H](C)O)C(=N)CO1.CCC. The van der Waals surface area contributed by atoms with Crippen LogP contribution in [0.5, 0.6) is 0 Å². The van der Waals surface area contributed by atoms with Crippen LogP contribution >= 0.6 is 0 Å². The van der Waals surface area contributed by atoms with Crippen LogP contribution in [0.25, 0.3) is 0 Å². The first-order valence-electron chi connectivity index (χ1n) is 7.87. The van der Waals surface area contributed by atoms with Crippen molar-refractivity contribution in [3.05, 3.63) is 37.0 Å². The number of nitrogens with one attached hydrogen (secondary N) is 1. The molecule has 3 atom stereocenters. The zero-order valence-electron chi connectivity index (χ0n) is 14.2. The number of aliphatic hydroxyl groups is 1. The number of rotatable bonds is 7. The monoisotopic (exact) mass is 309 g/mol. The molecule has 126 valence electrons. The van der Waals surface area contributed by atoms with E-state index in [1.54, 1.807) is 13.0 Å². The van der Waals surface area contributed by atoms with Crippen LogP contribution in [0, 0.1) is 11.3 Å². The molecule has 0 aliphatic carbocycles. The summed E-state index contributed by atoms with van der Waals surface area (Å²) < 4.78 is 11.0. The van der Waals surface area contributed by atoms with Crippen molar-refractivity contribution < 1.29 is 14.6 Å². The van der Waals surface area contributed by atoms with Gasteiger partial charge in [0.15, 0.2) is 0 Å². The van der Waals surface area contributed by atoms with Crippen molar-refractivity contribution in [3.8, 4) is 0 Å². The molecule has 0 unspecified atom stereocenters.